The Balaban J connectivity index is 1.46. The third-order valence-electron chi connectivity index (χ3n) is 7.19. The van der Waals surface area contributed by atoms with Gasteiger partial charge in [0, 0.05) is 11.0 Å². The molecule has 0 saturated heterocycles. The van der Waals surface area contributed by atoms with Gasteiger partial charge in [0.15, 0.2) is 0 Å². The number of rotatable bonds is 4. The Hall–Kier alpha value is -2.00. The van der Waals surface area contributed by atoms with E-state index in [2.05, 4.69) is 74.2 Å². The number of aryl methyl sites for hydroxylation is 2. The van der Waals surface area contributed by atoms with Crippen LogP contribution in [0, 0.1) is 17.3 Å². The van der Waals surface area contributed by atoms with E-state index in [0.29, 0.717) is 5.41 Å². The van der Waals surface area contributed by atoms with Gasteiger partial charge in [-0.2, -0.15) is 0 Å². The smallest absolute Gasteiger partial charge is 0.0319 e. The van der Waals surface area contributed by atoms with E-state index in [9.17, 15) is 0 Å². The maximum atomic E-state index is 3.73. The van der Waals surface area contributed by atoms with Crippen LogP contribution in [0.3, 0.4) is 0 Å². The first-order valence-electron chi connectivity index (χ1n) is 10.9. The summed E-state index contributed by atoms with van der Waals surface area (Å²) in [5.41, 5.74) is 6.33. The minimum Gasteiger partial charge on any atom is -0.0911 e. The van der Waals surface area contributed by atoms with Gasteiger partial charge in [0.25, 0.3) is 0 Å². The maximum Gasteiger partial charge on any atom is 0.0319 e. The van der Waals surface area contributed by atoms with Crippen LogP contribution in [0.15, 0.2) is 48.5 Å². The van der Waals surface area contributed by atoms with Crippen molar-refractivity contribution < 1.29 is 0 Å². The molecule has 0 nitrogen and oxygen atoms in total. The molecule has 0 radical (unpaired) electrons. The molecule has 0 amide bonds. The molecule has 0 N–H and O–H groups in total. The second kappa shape index (κ2) is 7.55. The molecular weight excluding hydrogens is 324 g/mol. The maximum absolute atomic E-state index is 3.73. The first-order chi connectivity index (χ1) is 13.2. The van der Waals surface area contributed by atoms with Crippen molar-refractivity contribution in [3.8, 4) is 11.8 Å². The van der Waals surface area contributed by atoms with Crippen LogP contribution < -0.4 is 0 Å². The van der Waals surface area contributed by atoms with Gasteiger partial charge in [0.1, 0.15) is 0 Å². The SMILES string of the molecule is CCCc1ccc(C#CC23CCC(c4ccc(CC)cc4)(CC2)CC3)cc1. The Morgan fingerprint density at radius 3 is 1.89 bits per heavy atom. The molecule has 3 aliphatic rings. The average Bonchev–Trinajstić information content (AvgIpc) is 2.75. The molecule has 0 heteroatoms. The summed E-state index contributed by atoms with van der Waals surface area (Å²) in [7, 11) is 0. The van der Waals surface area contributed by atoms with Crippen molar-refractivity contribution in [1.29, 1.82) is 0 Å². The molecule has 0 spiro atoms. The van der Waals surface area contributed by atoms with Crippen molar-refractivity contribution in [2.24, 2.45) is 5.41 Å². The number of hydrogen-bond donors (Lipinski definition) is 0. The zero-order chi connectivity index (χ0) is 18.7. The van der Waals surface area contributed by atoms with E-state index in [1.165, 1.54) is 68.1 Å². The predicted molar refractivity (Wildman–Crippen MR) is 115 cm³/mol. The fraction of sp³-hybridized carbons (Fsp3) is 0.481. The molecule has 2 bridgehead atoms. The monoisotopic (exact) mass is 356 g/mol. The molecule has 5 rings (SSSR count). The molecule has 0 aromatic heterocycles. The molecule has 27 heavy (non-hydrogen) atoms. The molecule has 3 fully saturated rings. The molecule has 0 aliphatic heterocycles. The Morgan fingerprint density at radius 2 is 1.33 bits per heavy atom. The summed E-state index contributed by atoms with van der Waals surface area (Å²) in [6.45, 7) is 4.47. The highest BCUT2D eigenvalue weighted by molar-refractivity contribution is 5.39. The molecule has 3 saturated carbocycles. The van der Waals surface area contributed by atoms with Crippen molar-refractivity contribution in [1.82, 2.24) is 0 Å². The number of hydrogen-bond acceptors (Lipinski definition) is 0. The van der Waals surface area contributed by atoms with Gasteiger partial charge in [-0.05, 0) is 85.6 Å². The quantitative estimate of drug-likeness (QED) is 0.526. The third-order valence-corrected chi connectivity index (χ3v) is 7.19. The van der Waals surface area contributed by atoms with Crippen molar-refractivity contribution in [2.45, 2.75) is 77.0 Å². The van der Waals surface area contributed by atoms with Gasteiger partial charge >= 0.3 is 0 Å². The van der Waals surface area contributed by atoms with E-state index in [-0.39, 0.29) is 5.41 Å². The molecule has 2 aromatic carbocycles. The summed E-state index contributed by atoms with van der Waals surface area (Å²) in [6, 6.07) is 18.4. The van der Waals surface area contributed by atoms with E-state index in [0.717, 1.165) is 6.42 Å². The Labute approximate surface area is 165 Å². The average molecular weight is 357 g/mol. The second-order valence-corrected chi connectivity index (χ2v) is 8.81. The summed E-state index contributed by atoms with van der Waals surface area (Å²) in [4.78, 5) is 0. The minimum absolute atomic E-state index is 0.271. The molecule has 0 atom stereocenters. The summed E-state index contributed by atoms with van der Waals surface area (Å²) < 4.78 is 0. The minimum atomic E-state index is 0.271. The largest absolute Gasteiger partial charge is 0.0911 e. The first kappa shape index (κ1) is 18.4. The molecule has 2 aromatic rings. The number of fused-ring (bicyclic) bond motifs is 3. The summed E-state index contributed by atoms with van der Waals surface area (Å²) in [6.07, 6.45) is 11.2. The Bertz CT molecular complexity index is 802. The van der Waals surface area contributed by atoms with Gasteiger partial charge < -0.3 is 0 Å². The number of benzene rings is 2. The van der Waals surface area contributed by atoms with E-state index >= 15 is 0 Å². The van der Waals surface area contributed by atoms with Gasteiger partial charge in [0.2, 0.25) is 0 Å². The fourth-order valence-corrected chi connectivity index (χ4v) is 5.15. The lowest BCUT2D eigenvalue weighted by atomic mass is 9.52. The lowest BCUT2D eigenvalue weighted by molar-refractivity contribution is 0.0865. The molecular formula is C27H32. The lowest BCUT2D eigenvalue weighted by Crippen LogP contribution is -2.43. The zero-order valence-electron chi connectivity index (χ0n) is 17.0. The van der Waals surface area contributed by atoms with Crippen LogP contribution in [0.5, 0.6) is 0 Å². The summed E-state index contributed by atoms with van der Waals surface area (Å²) >= 11 is 0. The Morgan fingerprint density at radius 1 is 0.741 bits per heavy atom. The van der Waals surface area contributed by atoms with E-state index in [1.807, 2.05) is 0 Å². The van der Waals surface area contributed by atoms with Crippen LogP contribution in [0.2, 0.25) is 0 Å². The fourth-order valence-electron chi connectivity index (χ4n) is 5.15. The lowest BCUT2D eigenvalue weighted by Gasteiger charge is -2.51. The van der Waals surface area contributed by atoms with Crippen molar-refractivity contribution >= 4 is 0 Å². The van der Waals surface area contributed by atoms with Gasteiger partial charge in [-0.25, -0.2) is 0 Å². The van der Waals surface area contributed by atoms with Crippen molar-refractivity contribution in [3.63, 3.8) is 0 Å². The van der Waals surface area contributed by atoms with E-state index in [4.69, 9.17) is 0 Å². The van der Waals surface area contributed by atoms with Crippen molar-refractivity contribution in [2.75, 3.05) is 0 Å². The molecule has 3 aliphatic carbocycles. The third kappa shape index (κ3) is 3.70. The van der Waals surface area contributed by atoms with Crippen molar-refractivity contribution in [3.05, 3.63) is 70.8 Å². The normalized spacial score (nSPS) is 26.4. The van der Waals surface area contributed by atoms with Crippen LogP contribution in [-0.2, 0) is 18.3 Å². The molecule has 0 unspecified atom stereocenters. The van der Waals surface area contributed by atoms with Gasteiger partial charge in [-0.1, -0.05) is 68.5 Å². The van der Waals surface area contributed by atoms with Gasteiger partial charge in [0.05, 0.1) is 0 Å². The second-order valence-electron chi connectivity index (χ2n) is 8.81. The first-order valence-corrected chi connectivity index (χ1v) is 10.9. The molecule has 0 heterocycles. The zero-order valence-corrected chi connectivity index (χ0v) is 17.0. The van der Waals surface area contributed by atoms with Crippen LogP contribution in [0.25, 0.3) is 0 Å². The van der Waals surface area contributed by atoms with Crippen LogP contribution in [0.1, 0.15) is 81.0 Å². The highest BCUT2D eigenvalue weighted by Gasteiger charge is 2.48. The van der Waals surface area contributed by atoms with Crippen LogP contribution in [0.4, 0.5) is 0 Å². The van der Waals surface area contributed by atoms with Gasteiger partial charge in [-0.15, -0.1) is 0 Å². The highest BCUT2D eigenvalue weighted by Crippen LogP contribution is 2.57. The van der Waals surface area contributed by atoms with Crippen LogP contribution >= 0.6 is 0 Å². The molecule has 140 valence electrons. The van der Waals surface area contributed by atoms with E-state index in [1.54, 1.807) is 5.56 Å². The summed E-state index contributed by atoms with van der Waals surface area (Å²) in [5.74, 6) is 7.24. The highest BCUT2D eigenvalue weighted by atomic mass is 14.5. The predicted octanol–water partition coefficient (Wildman–Crippen LogP) is 6.85. The van der Waals surface area contributed by atoms with E-state index < -0.39 is 0 Å². The topological polar surface area (TPSA) is 0 Å². The van der Waals surface area contributed by atoms with Crippen LogP contribution in [-0.4, -0.2) is 0 Å². The Kier molecular flexibility index (Phi) is 5.14. The standard InChI is InChI=1S/C27H32/c1-3-5-23-6-8-24(9-7-23)14-15-26-16-19-27(20-17-26,21-18-26)25-12-10-22(4-2)11-13-25/h6-13H,3-5,16-21H2,1-2H3. The van der Waals surface area contributed by atoms with Gasteiger partial charge in [-0.3, -0.25) is 0 Å². The summed E-state index contributed by atoms with van der Waals surface area (Å²) in [5, 5.41) is 0.